The molecule has 0 amide bonds. The molecule has 1 aromatic heterocycles. The Morgan fingerprint density at radius 3 is 1.60 bits per heavy atom. The van der Waals surface area contributed by atoms with Gasteiger partial charge in [0.15, 0.2) is 5.82 Å². The van der Waals surface area contributed by atoms with E-state index in [-0.39, 0.29) is 0 Å². The molecule has 0 N–H and O–H groups in total. The number of rotatable bonds is 5. The molecule has 0 saturated heterocycles. The fourth-order valence-corrected chi connectivity index (χ4v) is 7.78. The minimum absolute atomic E-state index is 0.706. The molecule has 10 aromatic rings. The largest absolute Gasteiger partial charge is 0.228 e. The molecule has 0 spiro atoms. The van der Waals surface area contributed by atoms with E-state index < -0.39 is 0 Å². The lowest BCUT2D eigenvalue weighted by Crippen LogP contribution is -1.97. The van der Waals surface area contributed by atoms with E-state index in [0.717, 1.165) is 39.0 Å². The van der Waals surface area contributed by atoms with E-state index in [1.54, 1.807) is 0 Å². The molecule has 0 bridgehead atoms. The van der Waals surface area contributed by atoms with Crippen LogP contribution in [-0.2, 0) is 0 Å². The molecule has 1 heterocycles. The third kappa shape index (κ3) is 5.12. The summed E-state index contributed by atoms with van der Waals surface area (Å²) in [6.07, 6.45) is 0. The van der Waals surface area contributed by atoms with Crippen molar-refractivity contribution in [2.75, 3.05) is 0 Å². The molecule has 0 aliphatic carbocycles. The highest BCUT2D eigenvalue weighted by atomic mass is 14.9. The van der Waals surface area contributed by atoms with E-state index in [2.05, 4.69) is 188 Å². The van der Waals surface area contributed by atoms with Crippen molar-refractivity contribution in [1.29, 1.82) is 0 Å². The van der Waals surface area contributed by atoms with Crippen molar-refractivity contribution in [3.05, 3.63) is 194 Å². The molecule has 0 saturated carbocycles. The predicted octanol–water partition coefficient (Wildman–Crippen LogP) is 13.4. The van der Waals surface area contributed by atoms with Gasteiger partial charge in [0.1, 0.15) is 0 Å². The number of aromatic nitrogens is 2. The van der Waals surface area contributed by atoms with Gasteiger partial charge in [-0.2, -0.15) is 0 Å². The summed E-state index contributed by atoms with van der Waals surface area (Å²) in [5.41, 5.74) is 9.69. The molecule has 10 rings (SSSR count). The average Bonchev–Trinajstić information content (AvgIpc) is 3.23. The Hall–Kier alpha value is -6.90. The molecule has 2 heteroatoms. The summed E-state index contributed by atoms with van der Waals surface area (Å²) >= 11 is 0. The maximum atomic E-state index is 5.31. The lowest BCUT2D eigenvalue weighted by molar-refractivity contribution is 1.19. The summed E-state index contributed by atoms with van der Waals surface area (Å²) < 4.78 is 0. The molecule has 0 fully saturated rings. The van der Waals surface area contributed by atoms with Gasteiger partial charge in [0.25, 0.3) is 0 Å². The Balaban J connectivity index is 1.21. The number of hydrogen-bond acceptors (Lipinski definition) is 2. The topological polar surface area (TPSA) is 25.8 Å². The van der Waals surface area contributed by atoms with Gasteiger partial charge in [0.05, 0.1) is 11.4 Å². The molecule has 0 aliphatic rings. The first-order valence-electron chi connectivity index (χ1n) is 17.7. The molecule has 2 nitrogen and oxygen atoms in total. The quantitative estimate of drug-likeness (QED) is 0.136. The highest BCUT2D eigenvalue weighted by Crippen LogP contribution is 2.43. The Bertz CT molecular complexity index is 2950. The number of benzene rings is 9. The van der Waals surface area contributed by atoms with Crippen LogP contribution in [0, 0.1) is 0 Å². The molecule has 9 aromatic carbocycles. The first-order chi connectivity index (χ1) is 25.8. The van der Waals surface area contributed by atoms with Crippen molar-refractivity contribution in [3.8, 4) is 56.2 Å². The van der Waals surface area contributed by atoms with Crippen molar-refractivity contribution in [1.82, 2.24) is 9.97 Å². The predicted molar refractivity (Wildman–Crippen MR) is 219 cm³/mol. The van der Waals surface area contributed by atoms with Crippen LogP contribution in [-0.4, -0.2) is 9.97 Å². The lowest BCUT2D eigenvalue weighted by Gasteiger charge is -2.17. The Kier molecular flexibility index (Phi) is 7.18. The maximum absolute atomic E-state index is 5.31. The molecule has 0 unspecified atom stereocenters. The van der Waals surface area contributed by atoms with Gasteiger partial charge < -0.3 is 0 Å². The SMILES string of the molecule is c1ccc(-c2cccc(-c3cc(-c4ccccc4)nc(-c4ccc(-c5c6ccccc6cc6c5ccc5ccccc56)c5ccccc45)n3)c2)cc1. The highest BCUT2D eigenvalue weighted by Gasteiger charge is 2.18. The van der Waals surface area contributed by atoms with Crippen LogP contribution in [0.5, 0.6) is 0 Å². The zero-order valence-corrected chi connectivity index (χ0v) is 28.4. The molecular weight excluding hydrogens is 629 g/mol. The third-order valence-electron chi connectivity index (χ3n) is 10.3. The molecular formula is C50H32N2. The summed E-state index contributed by atoms with van der Waals surface area (Å²) in [6, 6.07) is 69.2. The normalized spacial score (nSPS) is 11.5. The maximum Gasteiger partial charge on any atom is 0.161 e. The van der Waals surface area contributed by atoms with Gasteiger partial charge in [-0.15, -0.1) is 0 Å². The number of hydrogen-bond donors (Lipinski definition) is 0. The van der Waals surface area contributed by atoms with Gasteiger partial charge in [-0.1, -0.05) is 170 Å². The van der Waals surface area contributed by atoms with Crippen LogP contribution in [0.15, 0.2) is 194 Å². The summed E-state index contributed by atoms with van der Waals surface area (Å²) in [6.45, 7) is 0. The second kappa shape index (κ2) is 12.5. The van der Waals surface area contributed by atoms with Crippen molar-refractivity contribution in [2.24, 2.45) is 0 Å². The van der Waals surface area contributed by atoms with Crippen LogP contribution in [0.25, 0.3) is 99.2 Å². The van der Waals surface area contributed by atoms with Gasteiger partial charge >= 0.3 is 0 Å². The van der Waals surface area contributed by atoms with E-state index in [0.29, 0.717) is 5.82 Å². The third-order valence-corrected chi connectivity index (χ3v) is 10.3. The van der Waals surface area contributed by atoms with E-state index in [9.17, 15) is 0 Å². The van der Waals surface area contributed by atoms with Gasteiger partial charge in [-0.05, 0) is 89.6 Å². The first kappa shape index (κ1) is 30.0. The van der Waals surface area contributed by atoms with Crippen molar-refractivity contribution in [3.63, 3.8) is 0 Å². The molecule has 0 aliphatic heterocycles. The molecule has 0 atom stereocenters. The average molecular weight is 661 g/mol. The van der Waals surface area contributed by atoms with Crippen molar-refractivity contribution < 1.29 is 0 Å². The van der Waals surface area contributed by atoms with E-state index in [4.69, 9.17) is 9.97 Å². The van der Waals surface area contributed by atoms with Crippen LogP contribution >= 0.6 is 0 Å². The smallest absolute Gasteiger partial charge is 0.161 e. The minimum atomic E-state index is 0.706. The Morgan fingerprint density at radius 1 is 0.269 bits per heavy atom. The first-order valence-corrected chi connectivity index (χ1v) is 17.7. The van der Waals surface area contributed by atoms with Crippen LogP contribution in [0.3, 0.4) is 0 Å². The summed E-state index contributed by atoms with van der Waals surface area (Å²) in [4.78, 5) is 10.6. The highest BCUT2D eigenvalue weighted by molar-refractivity contribution is 6.22. The monoisotopic (exact) mass is 660 g/mol. The second-order valence-corrected chi connectivity index (χ2v) is 13.3. The molecule has 242 valence electrons. The zero-order valence-electron chi connectivity index (χ0n) is 28.4. The summed E-state index contributed by atoms with van der Waals surface area (Å²) in [5.74, 6) is 0.706. The number of nitrogens with zero attached hydrogens (tertiary/aromatic N) is 2. The second-order valence-electron chi connectivity index (χ2n) is 13.3. The van der Waals surface area contributed by atoms with Gasteiger partial charge in [-0.3, -0.25) is 0 Å². The van der Waals surface area contributed by atoms with E-state index >= 15 is 0 Å². The number of fused-ring (bicyclic) bond motifs is 5. The van der Waals surface area contributed by atoms with Crippen LogP contribution in [0.4, 0.5) is 0 Å². The van der Waals surface area contributed by atoms with Gasteiger partial charge in [0.2, 0.25) is 0 Å². The van der Waals surface area contributed by atoms with Crippen molar-refractivity contribution >= 4 is 43.1 Å². The Labute approximate surface area is 302 Å². The fraction of sp³-hybridized carbons (Fsp3) is 0. The van der Waals surface area contributed by atoms with Gasteiger partial charge in [-0.25, -0.2) is 9.97 Å². The molecule has 0 radical (unpaired) electrons. The lowest BCUT2D eigenvalue weighted by atomic mass is 9.87. The van der Waals surface area contributed by atoms with Crippen LogP contribution in [0.2, 0.25) is 0 Å². The van der Waals surface area contributed by atoms with Crippen LogP contribution in [0.1, 0.15) is 0 Å². The molecule has 52 heavy (non-hydrogen) atoms. The van der Waals surface area contributed by atoms with Crippen LogP contribution < -0.4 is 0 Å². The summed E-state index contributed by atoms with van der Waals surface area (Å²) in [7, 11) is 0. The fourth-order valence-electron chi connectivity index (χ4n) is 7.78. The van der Waals surface area contributed by atoms with Crippen molar-refractivity contribution in [2.45, 2.75) is 0 Å². The summed E-state index contributed by atoms with van der Waals surface area (Å²) in [5, 5.41) is 9.80. The Morgan fingerprint density at radius 2 is 0.827 bits per heavy atom. The van der Waals surface area contributed by atoms with E-state index in [1.807, 2.05) is 6.07 Å². The zero-order chi connectivity index (χ0) is 34.4. The standard InChI is InChI=1S/C50H32N2/c1-3-14-33(15-4-1)36-20-13-21-38(30-36)48-32-47(35-17-5-2-6-18-35)51-50(52-48)45-29-28-43(41-24-11-12-25-42(41)45)49-40-23-10-8-19-37(40)31-46-39-22-9-7-16-34(39)26-27-44(46)49/h1-32H. The van der Waals surface area contributed by atoms with Gasteiger partial charge in [0, 0.05) is 16.7 Å². The minimum Gasteiger partial charge on any atom is -0.228 e. The van der Waals surface area contributed by atoms with E-state index in [1.165, 1.54) is 54.4 Å².